The maximum Gasteiger partial charge on any atom is 0.416 e. The molecule has 10 heteroatoms. The number of hydrogen-bond acceptors (Lipinski definition) is 5. The first kappa shape index (κ1) is 25.0. The van der Waals surface area contributed by atoms with Gasteiger partial charge < -0.3 is 19.3 Å². The van der Waals surface area contributed by atoms with Crippen molar-refractivity contribution in [3.05, 3.63) is 52.0 Å². The number of aliphatic carboxylic acids is 1. The molecule has 1 fully saturated rings. The van der Waals surface area contributed by atoms with E-state index in [2.05, 4.69) is 0 Å². The molecule has 33 heavy (non-hydrogen) atoms. The van der Waals surface area contributed by atoms with Crippen LogP contribution in [0, 0.1) is 5.92 Å². The SMILES string of the molecule is COc1cc(C(c2cc(C(F)(F)F)ccc2Cl)N2CCC(C(=O)O)CC2)cc(OC)c1OC. The Bertz CT molecular complexity index is 981. The maximum absolute atomic E-state index is 13.5. The van der Waals surface area contributed by atoms with Gasteiger partial charge in [0.2, 0.25) is 5.75 Å². The number of rotatable bonds is 7. The molecule has 1 atom stereocenters. The number of halogens is 4. The average Bonchev–Trinajstić information content (AvgIpc) is 2.79. The normalized spacial score (nSPS) is 16.3. The van der Waals surface area contributed by atoms with Crippen molar-refractivity contribution in [3.63, 3.8) is 0 Å². The van der Waals surface area contributed by atoms with E-state index in [1.807, 2.05) is 4.90 Å². The second-order valence-electron chi connectivity index (χ2n) is 7.74. The van der Waals surface area contributed by atoms with Crippen LogP contribution in [0.4, 0.5) is 13.2 Å². The van der Waals surface area contributed by atoms with Crippen LogP contribution in [0.1, 0.15) is 35.6 Å². The minimum absolute atomic E-state index is 0.169. The van der Waals surface area contributed by atoms with Crippen molar-refractivity contribution in [2.24, 2.45) is 5.92 Å². The second kappa shape index (κ2) is 10.1. The molecular formula is C23H25ClF3NO5. The van der Waals surface area contributed by atoms with Gasteiger partial charge in [0.05, 0.1) is 38.9 Å². The summed E-state index contributed by atoms with van der Waals surface area (Å²) in [6.07, 6.45) is -3.81. The Labute approximate surface area is 194 Å². The third kappa shape index (κ3) is 5.30. The molecule has 0 saturated carbocycles. The molecule has 1 saturated heterocycles. The minimum atomic E-state index is -4.55. The van der Waals surface area contributed by atoms with E-state index in [4.69, 9.17) is 25.8 Å². The van der Waals surface area contributed by atoms with E-state index < -0.39 is 29.7 Å². The fraction of sp³-hybridized carbons (Fsp3) is 0.435. The molecule has 2 aromatic rings. The first-order valence-electron chi connectivity index (χ1n) is 10.2. The number of likely N-dealkylation sites (tertiary alicyclic amines) is 1. The summed E-state index contributed by atoms with van der Waals surface area (Å²) in [5.74, 6) is -0.335. The number of piperidine rings is 1. The Morgan fingerprint density at radius 3 is 2.09 bits per heavy atom. The lowest BCUT2D eigenvalue weighted by Crippen LogP contribution is -2.39. The quantitative estimate of drug-likeness (QED) is 0.574. The molecule has 0 amide bonds. The average molecular weight is 488 g/mol. The smallest absolute Gasteiger partial charge is 0.416 e. The van der Waals surface area contributed by atoms with Gasteiger partial charge in [-0.3, -0.25) is 9.69 Å². The fourth-order valence-electron chi connectivity index (χ4n) is 4.18. The Balaban J connectivity index is 2.17. The predicted octanol–water partition coefficient (Wildman–Crippen LogP) is 5.27. The van der Waals surface area contributed by atoms with E-state index in [0.29, 0.717) is 48.7 Å². The Kier molecular flexibility index (Phi) is 7.64. The molecule has 1 aliphatic rings. The van der Waals surface area contributed by atoms with Gasteiger partial charge in [-0.1, -0.05) is 11.6 Å². The molecule has 1 heterocycles. The summed E-state index contributed by atoms with van der Waals surface area (Å²) in [5.41, 5.74) is 0.0220. The summed E-state index contributed by atoms with van der Waals surface area (Å²) in [6.45, 7) is 0.732. The van der Waals surface area contributed by atoms with Crippen molar-refractivity contribution in [1.82, 2.24) is 4.90 Å². The van der Waals surface area contributed by atoms with Gasteiger partial charge >= 0.3 is 12.1 Å². The number of methoxy groups -OCH3 is 3. The zero-order valence-corrected chi connectivity index (χ0v) is 19.2. The molecule has 0 radical (unpaired) electrons. The molecular weight excluding hydrogens is 463 g/mol. The van der Waals surface area contributed by atoms with Crippen LogP contribution in [-0.4, -0.2) is 50.4 Å². The van der Waals surface area contributed by atoms with Crippen molar-refractivity contribution < 1.29 is 37.3 Å². The highest BCUT2D eigenvalue weighted by Gasteiger charge is 2.35. The third-order valence-electron chi connectivity index (χ3n) is 5.86. The van der Waals surface area contributed by atoms with Crippen LogP contribution < -0.4 is 14.2 Å². The molecule has 1 N–H and O–H groups in total. The van der Waals surface area contributed by atoms with E-state index in [1.165, 1.54) is 27.4 Å². The van der Waals surface area contributed by atoms with Crippen LogP contribution in [0.25, 0.3) is 0 Å². The van der Waals surface area contributed by atoms with Crippen LogP contribution in [0.2, 0.25) is 5.02 Å². The predicted molar refractivity (Wildman–Crippen MR) is 116 cm³/mol. The standard InChI is InChI=1S/C23H25ClF3NO5/c1-31-18-10-14(11-19(32-2)21(18)33-3)20(28-8-6-13(7-9-28)22(29)30)16-12-15(23(25,26)27)4-5-17(16)24/h4-5,10-13,20H,6-9H2,1-3H3,(H,29,30). The van der Waals surface area contributed by atoms with Gasteiger partial charge in [0, 0.05) is 5.02 Å². The Hall–Kier alpha value is -2.65. The molecule has 2 aromatic carbocycles. The maximum atomic E-state index is 13.5. The van der Waals surface area contributed by atoms with E-state index in [0.717, 1.165) is 12.1 Å². The molecule has 3 rings (SSSR count). The van der Waals surface area contributed by atoms with Gasteiger partial charge in [0.15, 0.2) is 11.5 Å². The summed E-state index contributed by atoms with van der Waals surface area (Å²) < 4.78 is 56.8. The zero-order chi connectivity index (χ0) is 24.3. The molecule has 1 unspecified atom stereocenters. The van der Waals surface area contributed by atoms with Crippen molar-refractivity contribution >= 4 is 17.6 Å². The summed E-state index contributed by atoms with van der Waals surface area (Å²) in [5, 5.41) is 9.52. The molecule has 0 aromatic heterocycles. The summed E-state index contributed by atoms with van der Waals surface area (Å²) in [6, 6.07) is 5.86. The van der Waals surface area contributed by atoms with E-state index in [1.54, 1.807) is 12.1 Å². The highest BCUT2D eigenvalue weighted by Crippen LogP contribution is 2.45. The zero-order valence-electron chi connectivity index (χ0n) is 18.4. The van der Waals surface area contributed by atoms with E-state index in [-0.39, 0.29) is 10.6 Å². The minimum Gasteiger partial charge on any atom is -0.493 e. The molecule has 6 nitrogen and oxygen atoms in total. The van der Waals surface area contributed by atoms with Crippen molar-refractivity contribution in [2.45, 2.75) is 25.1 Å². The number of ether oxygens (including phenoxy) is 3. The molecule has 1 aliphatic heterocycles. The number of carboxylic acid groups (broad SMARTS) is 1. The number of nitrogens with zero attached hydrogens (tertiary/aromatic N) is 1. The van der Waals surface area contributed by atoms with Crippen molar-refractivity contribution in [1.29, 1.82) is 0 Å². The van der Waals surface area contributed by atoms with Gasteiger partial charge in [0.1, 0.15) is 0 Å². The van der Waals surface area contributed by atoms with Crippen molar-refractivity contribution in [3.8, 4) is 17.2 Å². The first-order valence-corrected chi connectivity index (χ1v) is 10.6. The highest BCUT2D eigenvalue weighted by molar-refractivity contribution is 6.31. The van der Waals surface area contributed by atoms with Crippen molar-refractivity contribution in [2.75, 3.05) is 34.4 Å². The number of alkyl halides is 3. The highest BCUT2D eigenvalue weighted by atomic mass is 35.5. The van der Waals surface area contributed by atoms with E-state index >= 15 is 0 Å². The lowest BCUT2D eigenvalue weighted by atomic mass is 9.90. The number of benzene rings is 2. The fourth-order valence-corrected chi connectivity index (χ4v) is 4.40. The Morgan fingerprint density at radius 1 is 1.06 bits per heavy atom. The second-order valence-corrected chi connectivity index (χ2v) is 8.15. The third-order valence-corrected chi connectivity index (χ3v) is 6.21. The largest absolute Gasteiger partial charge is 0.493 e. The number of carbonyl (C=O) groups is 1. The van der Waals surface area contributed by atoms with E-state index in [9.17, 15) is 23.1 Å². The summed E-state index contributed by atoms with van der Waals surface area (Å²) >= 11 is 6.42. The Morgan fingerprint density at radius 2 is 1.64 bits per heavy atom. The van der Waals surface area contributed by atoms with Crippen LogP contribution in [0.5, 0.6) is 17.2 Å². The van der Waals surface area contributed by atoms with Crippen LogP contribution in [0.15, 0.2) is 30.3 Å². The lowest BCUT2D eigenvalue weighted by molar-refractivity contribution is -0.143. The van der Waals surface area contributed by atoms with Gasteiger partial charge in [-0.2, -0.15) is 13.2 Å². The molecule has 180 valence electrons. The van der Waals surface area contributed by atoms with Gasteiger partial charge in [-0.05, 0) is 67.4 Å². The molecule has 0 aliphatic carbocycles. The van der Waals surface area contributed by atoms with Crippen LogP contribution in [0.3, 0.4) is 0 Å². The monoisotopic (exact) mass is 487 g/mol. The molecule has 0 bridgehead atoms. The number of carboxylic acids is 1. The number of hydrogen-bond donors (Lipinski definition) is 1. The lowest BCUT2D eigenvalue weighted by Gasteiger charge is -2.38. The van der Waals surface area contributed by atoms with Crippen LogP contribution >= 0.6 is 11.6 Å². The molecule has 0 spiro atoms. The topological polar surface area (TPSA) is 68.2 Å². The first-order chi connectivity index (χ1) is 15.6. The van der Waals surface area contributed by atoms with Gasteiger partial charge in [-0.15, -0.1) is 0 Å². The summed E-state index contributed by atoms with van der Waals surface area (Å²) in [7, 11) is 4.36. The summed E-state index contributed by atoms with van der Waals surface area (Å²) in [4.78, 5) is 13.3. The van der Waals surface area contributed by atoms with Crippen LogP contribution in [-0.2, 0) is 11.0 Å². The van der Waals surface area contributed by atoms with Gasteiger partial charge in [0.25, 0.3) is 0 Å². The van der Waals surface area contributed by atoms with Gasteiger partial charge in [-0.25, -0.2) is 0 Å².